The highest BCUT2D eigenvalue weighted by molar-refractivity contribution is 5.41. The van der Waals surface area contributed by atoms with Crippen molar-refractivity contribution in [3.63, 3.8) is 0 Å². The molecule has 0 amide bonds. The summed E-state index contributed by atoms with van der Waals surface area (Å²) in [6.45, 7) is 3.56. The second-order valence-electron chi connectivity index (χ2n) is 4.24. The van der Waals surface area contributed by atoms with E-state index in [1.165, 1.54) is 12.8 Å². The summed E-state index contributed by atoms with van der Waals surface area (Å²) in [5.41, 5.74) is 6.36. The molecule has 0 aliphatic carbocycles. The first-order valence-electron chi connectivity index (χ1n) is 6.21. The number of ether oxygens (including phenoxy) is 1. The van der Waals surface area contributed by atoms with Crippen LogP contribution >= 0.6 is 0 Å². The predicted molar refractivity (Wildman–Crippen MR) is 67.7 cm³/mol. The maximum Gasteiger partial charge on any atom is 0.119 e. The van der Waals surface area contributed by atoms with Gasteiger partial charge in [0.05, 0.1) is 13.2 Å². The van der Waals surface area contributed by atoms with Crippen LogP contribution in [0.25, 0.3) is 0 Å². The average Bonchev–Trinajstić information content (AvgIpc) is 2.38. The summed E-state index contributed by atoms with van der Waals surface area (Å²) in [4.78, 5) is 5.51. The van der Waals surface area contributed by atoms with Gasteiger partial charge in [0.1, 0.15) is 5.75 Å². The molecule has 0 spiro atoms. The van der Waals surface area contributed by atoms with E-state index in [0.29, 0.717) is 6.61 Å². The molecule has 1 aromatic rings. The second-order valence-corrected chi connectivity index (χ2v) is 4.24. The van der Waals surface area contributed by atoms with Crippen LogP contribution in [0.5, 0.6) is 5.75 Å². The topological polar surface area (TPSA) is 47.7 Å². The van der Waals surface area contributed by atoms with Crippen LogP contribution in [0, 0.1) is 0 Å². The van der Waals surface area contributed by atoms with Crippen molar-refractivity contribution < 1.29 is 9.57 Å². The summed E-state index contributed by atoms with van der Waals surface area (Å²) < 4.78 is 5.61. The van der Waals surface area contributed by atoms with E-state index in [1.807, 2.05) is 29.3 Å². The number of anilines is 1. The molecular formula is C13H20N2O2. The molecule has 94 valence electrons. The zero-order chi connectivity index (χ0) is 11.9. The third-order valence-electron chi connectivity index (χ3n) is 2.78. The lowest BCUT2D eigenvalue weighted by atomic mass is 10.3. The first-order chi connectivity index (χ1) is 8.34. The molecule has 1 heterocycles. The van der Waals surface area contributed by atoms with E-state index in [4.69, 9.17) is 15.3 Å². The number of hydroxylamine groups is 2. The molecule has 0 aromatic heterocycles. The molecule has 1 saturated heterocycles. The van der Waals surface area contributed by atoms with Crippen molar-refractivity contribution in [1.82, 2.24) is 5.06 Å². The van der Waals surface area contributed by atoms with Crippen LogP contribution in [0.3, 0.4) is 0 Å². The standard InChI is InChI=1S/C13H20N2O2/c14-12-4-6-13(7-5-12)16-10-3-9-15-8-1-2-11-17-15/h4-7H,1-3,8-11,14H2. The normalized spacial score (nSPS) is 16.9. The molecule has 2 N–H and O–H groups in total. The van der Waals surface area contributed by atoms with Crippen molar-refractivity contribution in [1.29, 1.82) is 0 Å². The highest BCUT2D eigenvalue weighted by Gasteiger charge is 2.09. The lowest BCUT2D eigenvalue weighted by molar-refractivity contribution is -0.181. The maximum atomic E-state index is 5.61. The molecule has 4 heteroatoms. The highest BCUT2D eigenvalue weighted by atomic mass is 16.7. The summed E-state index contributed by atoms with van der Waals surface area (Å²) >= 11 is 0. The van der Waals surface area contributed by atoms with Crippen LogP contribution in [0.2, 0.25) is 0 Å². The van der Waals surface area contributed by atoms with E-state index in [0.717, 1.165) is 37.6 Å². The molecule has 1 aliphatic heterocycles. The zero-order valence-corrected chi connectivity index (χ0v) is 10.1. The SMILES string of the molecule is Nc1ccc(OCCCN2CCCCO2)cc1. The Labute approximate surface area is 102 Å². The molecule has 2 rings (SSSR count). The smallest absolute Gasteiger partial charge is 0.119 e. The van der Waals surface area contributed by atoms with Gasteiger partial charge in [-0.05, 0) is 43.5 Å². The first-order valence-corrected chi connectivity index (χ1v) is 6.21. The van der Waals surface area contributed by atoms with E-state index < -0.39 is 0 Å². The van der Waals surface area contributed by atoms with Crippen molar-refractivity contribution >= 4 is 5.69 Å². The van der Waals surface area contributed by atoms with Crippen molar-refractivity contribution in [3.05, 3.63) is 24.3 Å². The van der Waals surface area contributed by atoms with Gasteiger partial charge in [0.15, 0.2) is 0 Å². The minimum atomic E-state index is 0.712. The first kappa shape index (κ1) is 12.2. The van der Waals surface area contributed by atoms with E-state index in [9.17, 15) is 0 Å². The molecule has 0 unspecified atom stereocenters. The molecule has 1 aromatic carbocycles. The summed E-state index contributed by atoms with van der Waals surface area (Å²) in [7, 11) is 0. The van der Waals surface area contributed by atoms with Gasteiger partial charge in [0, 0.05) is 18.8 Å². The van der Waals surface area contributed by atoms with Gasteiger partial charge in [-0.25, -0.2) is 0 Å². The molecular weight excluding hydrogens is 216 g/mol. The Bertz CT molecular complexity index is 321. The lowest BCUT2D eigenvalue weighted by Gasteiger charge is -2.25. The molecule has 0 radical (unpaired) electrons. The minimum Gasteiger partial charge on any atom is -0.494 e. The van der Waals surface area contributed by atoms with Crippen molar-refractivity contribution in [3.8, 4) is 5.75 Å². The quantitative estimate of drug-likeness (QED) is 0.628. The second kappa shape index (κ2) is 6.47. The molecule has 0 saturated carbocycles. The van der Waals surface area contributed by atoms with Gasteiger partial charge < -0.3 is 10.5 Å². The third kappa shape index (κ3) is 4.24. The Morgan fingerprint density at radius 2 is 2.06 bits per heavy atom. The number of nitrogens with two attached hydrogens (primary N) is 1. The Morgan fingerprint density at radius 1 is 1.24 bits per heavy atom. The average molecular weight is 236 g/mol. The molecule has 0 bridgehead atoms. The Kier molecular flexibility index (Phi) is 4.64. The Morgan fingerprint density at radius 3 is 2.76 bits per heavy atom. The molecule has 0 atom stereocenters. The third-order valence-corrected chi connectivity index (χ3v) is 2.78. The number of nitrogen functional groups attached to an aromatic ring is 1. The number of nitrogens with zero attached hydrogens (tertiary/aromatic N) is 1. The van der Waals surface area contributed by atoms with Crippen LogP contribution in [0.4, 0.5) is 5.69 Å². The zero-order valence-electron chi connectivity index (χ0n) is 10.1. The fraction of sp³-hybridized carbons (Fsp3) is 0.538. The van der Waals surface area contributed by atoms with E-state index in [1.54, 1.807) is 0 Å². The van der Waals surface area contributed by atoms with Crippen molar-refractivity contribution in [2.45, 2.75) is 19.3 Å². The molecule has 17 heavy (non-hydrogen) atoms. The van der Waals surface area contributed by atoms with Gasteiger partial charge in [-0.1, -0.05) is 0 Å². The Hall–Kier alpha value is -1.26. The fourth-order valence-corrected chi connectivity index (χ4v) is 1.82. The van der Waals surface area contributed by atoms with Crippen LogP contribution in [0.15, 0.2) is 24.3 Å². The number of hydrogen-bond donors (Lipinski definition) is 1. The van der Waals surface area contributed by atoms with Crippen molar-refractivity contribution in [2.24, 2.45) is 0 Å². The number of benzene rings is 1. The summed E-state index contributed by atoms with van der Waals surface area (Å²) in [6, 6.07) is 7.49. The van der Waals surface area contributed by atoms with Gasteiger partial charge in [-0.2, -0.15) is 5.06 Å². The van der Waals surface area contributed by atoms with E-state index >= 15 is 0 Å². The monoisotopic (exact) mass is 236 g/mol. The minimum absolute atomic E-state index is 0.712. The predicted octanol–water partition coefficient (Wildman–Crippen LogP) is 2.07. The van der Waals surface area contributed by atoms with Gasteiger partial charge in [0.2, 0.25) is 0 Å². The number of hydrogen-bond acceptors (Lipinski definition) is 4. The van der Waals surface area contributed by atoms with Gasteiger partial charge in [-0.15, -0.1) is 0 Å². The Balaban J connectivity index is 1.60. The molecule has 1 fully saturated rings. The summed E-state index contributed by atoms with van der Waals surface area (Å²) in [5, 5.41) is 2.04. The van der Waals surface area contributed by atoms with Crippen LogP contribution < -0.4 is 10.5 Å². The number of rotatable bonds is 5. The van der Waals surface area contributed by atoms with Crippen LogP contribution in [-0.4, -0.2) is 31.4 Å². The van der Waals surface area contributed by atoms with Crippen LogP contribution in [0.1, 0.15) is 19.3 Å². The van der Waals surface area contributed by atoms with Crippen LogP contribution in [-0.2, 0) is 4.84 Å². The van der Waals surface area contributed by atoms with Gasteiger partial charge in [0.25, 0.3) is 0 Å². The molecule has 1 aliphatic rings. The maximum absolute atomic E-state index is 5.61. The highest BCUT2D eigenvalue weighted by Crippen LogP contribution is 2.13. The summed E-state index contributed by atoms with van der Waals surface area (Å²) in [6.07, 6.45) is 3.39. The van der Waals surface area contributed by atoms with Gasteiger partial charge in [-0.3, -0.25) is 4.84 Å². The molecule has 4 nitrogen and oxygen atoms in total. The van der Waals surface area contributed by atoms with E-state index in [2.05, 4.69) is 0 Å². The van der Waals surface area contributed by atoms with E-state index in [-0.39, 0.29) is 0 Å². The van der Waals surface area contributed by atoms with Gasteiger partial charge >= 0.3 is 0 Å². The lowest BCUT2D eigenvalue weighted by Crippen LogP contribution is -2.31. The van der Waals surface area contributed by atoms with Crippen molar-refractivity contribution in [2.75, 3.05) is 32.0 Å². The largest absolute Gasteiger partial charge is 0.494 e. The fourth-order valence-electron chi connectivity index (χ4n) is 1.82. The summed E-state index contributed by atoms with van der Waals surface area (Å²) in [5.74, 6) is 0.874.